The third kappa shape index (κ3) is 4.43. The van der Waals surface area contributed by atoms with Gasteiger partial charge in [0, 0.05) is 31.2 Å². The molecule has 0 bridgehead atoms. The Hall–Kier alpha value is -1.10. The van der Waals surface area contributed by atoms with E-state index < -0.39 is 0 Å². The van der Waals surface area contributed by atoms with Gasteiger partial charge in [-0.05, 0) is 26.5 Å². The van der Waals surface area contributed by atoms with Gasteiger partial charge in [-0.1, -0.05) is 24.6 Å². The molecule has 1 aliphatic rings. The Bertz CT molecular complexity index is 450. The van der Waals surface area contributed by atoms with Gasteiger partial charge in [-0.3, -0.25) is 4.90 Å². The molecule has 1 heterocycles. The van der Waals surface area contributed by atoms with Crippen molar-refractivity contribution in [1.29, 1.82) is 0 Å². The molecule has 21 heavy (non-hydrogen) atoms. The molecule has 4 heteroatoms. The highest BCUT2D eigenvalue weighted by Gasteiger charge is 2.20. The van der Waals surface area contributed by atoms with E-state index in [9.17, 15) is 0 Å². The minimum atomic E-state index is 0.250. The first-order valence-corrected chi connectivity index (χ1v) is 7.86. The van der Waals surface area contributed by atoms with Crippen molar-refractivity contribution >= 4 is 0 Å². The summed E-state index contributed by atoms with van der Waals surface area (Å²) in [5.74, 6) is 0.945. The number of methoxy groups -OCH3 is 1. The number of ether oxygens (including phenoxy) is 2. The van der Waals surface area contributed by atoms with Crippen LogP contribution in [-0.4, -0.2) is 50.9 Å². The van der Waals surface area contributed by atoms with Gasteiger partial charge in [0.1, 0.15) is 5.75 Å². The third-order valence-corrected chi connectivity index (χ3v) is 4.17. The smallest absolute Gasteiger partial charge is 0.123 e. The van der Waals surface area contributed by atoms with Crippen molar-refractivity contribution in [3.05, 3.63) is 29.3 Å². The Morgan fingerprint density at radius 3 is 3.00 bits per heavy atom. The minimum Gasteiger partial charge on any atom is -0.496 e. The molecule has 1 saturated heterocycles. The summed E-state index contributed by atoms with van der Waals surface area (Å²) in [5, 5.41) is 3.58. The van der Waals surface area contributed by atoms with Gasteiger partial charge in [-0.2, -0.15) is 0 Å². The molecule has 1 aromatic rings. The van der Waals surface area contributed by atoms with Crippen molar-refractivity contribution in [3.63, 3.8) is 0 Å². The highest BCUT2D eigenvalue weighted by atomic mass is 16.5. The number of aryl methyl sites for hydroxylation is 1. The highest BCUT2D eigenvalue weighted by molar-refractivity contribution is 5.38. The van der Waals surface area contributed by atoms with Gasteiger partial charge in [-0.15, -0.1) is 0 Å². The first-order chi connectivity index (χ1) is 10.1. The molecule has 1 aliphatic heterocycles. The summed E-state index contributed by atoms with van der Waals surface area (Å²) in [5.41, 5.74) is 2.46. The Kier molecular flexibility index (Phi) is 6.03. The van der Waals surface area contributed by atoms with Crippen LogP contribution < -0.4 is 10.1 Å². The lowest BCUT2D eigenvalue weighted by Crippen LogP contribution is -2.46. The molecule has 1 fully saturated rings. The summed E-state index contributed by atoms with van der Waals surface area (Å²) in [6, 6.07) is 6.56. The molecule has 2 rings (SSSR count). The van der Waals surface area contributed by atoms with Crippen molar-refractivity contribution in [1.82, 2.24) is 10.2 Å². The molecule has 2 unspecified atom stereocenters. The molecule has 4 nitrogen and oxygen atoms in total. The van der Waals surface area contributed by atoms with Crippen molar-refractivity contribution in [2.45, 2.75) is 32.9 Å². The summed E-state index contributed by atoms with van der Waals surface area (Å²) in [7, 11) is 1.73. The predicted octanol–water partition coefficient (Wildman–Crippen LogP) is 2.37. The zero-order valence-electron chi connectivity index (χ0n) is 13.7. The van der Waals surface area contributed by atoms with Gasteiger partial charge >= 0.3 is 0 Å². The quantitative estimate of drug-likeness (QED) is 0.873. The molecular formula is C17H28N2O2. The number of nitrogens with zero attached hydrogens (tertiary/aromatic N) is 1. The van der Waals surface area contributed by atoms with E-state index in [0.717, 1.165) is 38.5 Å². The summed E-state index contributed by atoms with van der Waals surface area (Å²) in [6.45, 7) is 11.4. The molecule has 0 saturated carbocycles. The van der Waals surface area contributed by atoms with E-state index >= 15 is 0 Å². The van der Waals surface area contributed by atoms with Crippen LogP contribution in [0.2, 0.25) is 0 Å². The van der Waals surface area contributed by atoms with E-state index in [-0.39, 0.29) is 12.1 Å². The summed E-state index contributed by atoms with van der Waals surface area (Å²) in [6.07, 6.45) is 0.275. The molecule has 1 N–H and O–H groups in total. The number of hydrogen-bond donors (Lipinski definition) is 1. The topological polar surface area (TPSA) is 33.7 Å². The maximum atomic E-state index is 5.84. The van der Waals surface area contributed by atoms with Crippen LogP contribution in [0.3, 0.4) is 0 Å². The van der Waals surface area contributed by atoms with E-state index in [1.807, 2.05) is 6.07 Å². The van der Waals surface area contributed by atoms with Crippen LogP contribution in [0.25, 0.3) is 0 Å². The molecule has 118 valence electrons. The minimum absolute atomic E-state index is 0.250. The van der Waals surface area contributed by atoms with Crippen LogP contribution in [0.5, 0.6) is 5.75 Å². The fourth-order valence-corrected chi connectivity index (χ4v) is 2.80. The van der Waals surface area contributed by atoms with Crippen LogP contribution in [0, 0.1) is 6.92 Å². The van der Waals surface area contributed by atoms with Gasteiger partial charge in [-0.25, -0.2) is 0 Å². The Morgan fingerprint density at radius 2 is 2.29 bits per heavy atom. The molecule has 0 spiro atoms. The van der Waals surface area contributed by atoms with E-state index in [0.29, 0.717) is 0 Å². The Morgan fingerprint density at radius 1 is 1.48 bits per heavy atom. The average molecular weight is 292 g/mol. The maximum Gasteiger partial charge on any atom is 0.123 e. The Labute approximate surface area is 128 Å². The zero-order chi connectivity index (χ0) is 15.2. The van der Waals surface area contributed by atoms with Crippen molar-refractivity contribution in [3.8, 4) is 5.75 Å². The second kappa shape index (κ2) is 7.78. The largest absolute Gasteiger partial charge is 0.496 e. The lowest BCUT2D eigenvalue weighted by atomic mass is 10.0. The number of benzene rings is 1. The Balaban J connectivity index is 1.92. The van der Waals surface area contributed by atoms with Gasteiger partial charge in [0.2, 0.25) is 0 Å². The second-order valence-electron chi connectivity index (χ2n) is 5.76. The monoisotopic (exact) mass is 292 g/mol. The van der Waals surface area contributed by atoms with E-state index in [2.05, 4.69) is 43.1 Å². The van der Waals surface area contributed by atoms with E-state index in [1.165, 1.54) is 11.1 Å². The SMILES string of the molecule is CCN1CCOC(CNC(C)c2cc(C)ccc2OC)C1. The van der Waals surface area contributed by atoms with Gasteiger partial charge in [0.15, 0.2) is 0 Å². The molecule has 0 aromatic heterocycles. The standard InChI is InChI=1S/C17H28N2O2/c1-5-19-8-9-21-15(12-19)11-18-14(3)16-10-13(2)6-7-17(16)20-4/h6-7,10,14-15,18H,5,8-9,11-12H2,1-4H3. The molecule has 2 atom stereocenters. The predicted molar refractivity (Wildman–Crippen MR) is 86.0 cm³/mol. The maximum absolute atomic E-state index is 5.84. The molecule has 1 aromatic carbocycles. The van der Waals surface area contributed by atoms with Crippen LogP contribution in [-0.2, 0) is 4.74 Å². The van der Waals surface area contributed by atoms with Crippen LogP contribution >= 0.6 is 0 Å². The lowest BCUT2D eigenvalue weighted by molar-refractivity contribution is -0.0262. The summed E-state index contributed by atoms with van der Waals surface area (Å²) < 4.78 is 11.3. The number of nitrogens with one attached hydrogen (secondary N) is 1. The van der Waals surface area contributed by atoms with Gasteiger partial charge in [0.25, 0.3) is 0 Å². The average Bonchev–Trinajstić information content (AvgIpc) is 2.52. The van der Waals surface area contributed by atoms with E-state index in [4.69, 9.17) is 9.47 Å². The zero-order valence-corrected chi connectivity index (χ0v) is 13.7. The first kappa shape index (κ1) is 16.3. The molecule has 0 radical (unpaired) electrons. The fourth-order valence-electron chi connectivity index (χ4n) is 2.80. The van der Waals surface area contributed by atoms with Crippen LogP contribution in [0.15, 0.2) is 18.2 Å². The highest BCUT2D eigenvalue weighted by Crippen LogP contribution is 2.26. The summed E-state index contributed by atoms with van der Waals surface area (Å²) in [4.78, 5) is 2.44. The van der Waals surface area contributed by atoms with Crippen molar-refractivity contribution in [2.75, 3.05) is 39.9 Å². The number of morpholine rings is 1. The lowest BCUT2D eigenvalue weighted by Gasteiger charge is -2.33. The van der Waals surface area contributed by atoms with Crippen molar-refractivity contribution < 1.29 is 9.47 Å². The molecular weight excluding hydrogens is 264 g/mol. The third-order valence-electron chi connectivity index (χ3n) is 4.17. The second-order valence-corrected chi connectivity index (χ2v) is 5.76. The summed E-state index contributed by atoms with van der Waals surface area (Å²) >= 11 is 0. The number of likely N-dealkylation sites (N-methyl/N-ethyl adjacent to an activating group) is 1. The van der Waals surface area contributed by atoms with Crippen LogP contribution in [0.4, 0.5) is 0 Å². The first-order valence-electron chi connectivity index (χ1n) is 7.86. The van der Waals surface area contributed by atoms with Crippen molar-refractivity contribution in [2.24, 2.45) is 0 Å². The normalized spacial score (nSPS) is 21.2. The number of rotatable bonds is 6. The van der Waals surface area contributed by atoms with Crippen LogP contribution in [0.1, 0.15) is 31.0 Å². The molecule has 0 aliphatic carbocycles. The fraction of sp³-hybridized carbons (Fsp3) is 0.647. The number of hydrogen-bond acceptors (Lipinski definition) is 4. The van der Waals surface area contributed by atoms with Gasteiger partial charge in [0.05, 0.1) is 19.8 Å². The molecule has 0 amide bonds. The van der Waals surface area contributed by atoms with E-state index in [1.54, 1.807) is 7.11 Å². The van der Waals surface area contributed by atoms with Gasteiger partial charge < -0.3 is 14.8 Å².